The molecule has 3 aromatic rings. The lowest BCUT2D eigenvalue weighted by Crippen LogP contribution is -2.32. The van der Waals surface area contributed by atoms with E-state index in [-0.39, 0.29) is 24.3 Å². The summed E-state index contributed by atoms with van der Waals surface area (Å²) in [7, 11) is 0. The molecule has 9 nitrogen and oxygen atoms in total. The molecular formula is C24H25FN4O5S. The molecule has 1 fully saturated rings. The molecule has 0 saturated carbocycles. The molecule has 1 aromatic carbocycles. The number of hydrogen-bond donors (Lipinski definition) is 4. The molecular weight excluding hydrogens is 475 g/mol. The summed E-state index contributed by atoms with van der Waals surface area (Å²) in [6, 6.07) is 10.3. The second-order valence-electron chi connectivity index (χ2n) is 8.55. The minimum Gasteiger partial charge on any atom is -0.448 e. The molecule has 11 heteroatoms. The van der Waals surface area contributed by atoms with Crippen LogP contribution in [-0.4, -0.2) is 51.9 Å². The zero-order chi connectivity index (χ0) is 25.3. The number of carbonyl (C=O) groups excluding carboxylic acids is 2. The number of pyridine rings is 1. The predicted octanol–water partition coefficient (Wildman–Crippen LogP) is 3.50. The molecule has 1 aliphatic heterocycles. The van der Waals surface area contributed by atoms with Crippen LogP contribution in [0.3, 0.4) is 0 Å². The van der Waals surface area contributed by atoms with Gasteiger partial charge in [-0.25, -0.2) is 14.2 Å². The van der Waals surface area contributed by atoms with Gasteiger partial charge < -0.3 is 26.0 Å². The topological polar surface area (TPSA) is 138 Å². The minimum atomic E-state index is -1.20. The lowest BCUT2D eigenvalue weighted by atomic mass is 9.96. The van der Waals surface area contributed by atoms with Crippen LogP contribution in [0.15, 0.2) is 42.5 Å². The number of amides is 2. The summed E-state index contributed by atoms with van der Waals surface area (Å²) < 4.78 is 19.8. The van der Waals surface area contributed by atoms with Gasteiger partial charge in [0.05, 0.1) is 30.0 Å². The van der Waals surface area contributed by atoms with Crippen LogP contribution in [0.25, 0.3) is 10.4 Å². The van der Waals surface area contributed by atoms with Crippen molar-refractivity contribution in [2.45, 2.75) is 25.5 Å². The number of nitrogens with one attached hydrogen (secondary N) is 1. The minimum absolute atomic E-state index is 0.157. The van der Waals surface area contributed by atoms with Crippen molar-refractivity contribution in [2.75, 3.05) is 25.1 Å². The molecule has 2 aromatic heterocycles. The van der Waals surface area contributed by atoms with Crippen molar-refractivity contribution in [1.82, 2.24) is 9.88 Å². The van der Waals surface area contributed by atoms with Crippen LogP contribution in [0.2, 0.25) is 0 Å². The number of nitrogens with zero attached hydrogens (tertiary/aromatic N) is 2. The number of ether oxygens (including phenoxy) is 1. The van der Waals surface area contributed by atoms with Crippen molar-refractivity contribution in [2.24, 2.45) is 5.73 Å². The fraction of sp³-hybridized carbons (Fsp3) is 0.292. The van der Waals surface area contributed by atoms with Gasteiger partial charge in [0.2, 0.25) is 0 Å². The predicted molar refractivity (Wildman–Crippen MR) is 129 cm³/mol. The first kappa shape index (κ1) is 24.6. The van der Waals surface area contributed by atoms with E-state index < -0.39 is 29.5 Å². The molecule has 1 unspecified atom stereocenters. The fourth-order valence-electron chi connectivity index (χ4n) is 3.76. The highest BCUT2D eigenvalue weighted by Crippen LogP contribution is 2.39. The first-order valence-electron chi connectivity index (χ1n) is 10.8. The van der Waals surface area contributed by atoms with Crippen LogP contribution in [0.5, 0.6) is 0 Å². The summed E-state index contributed by atoms with van der Waals surface area (Å²) in [4.78, 5) is 30.4. The van der Waals surface area contributed by atoms with Crippen molar-refractivity contribution in [3.05, 3.63) is 65.1 Å². The Morgan fingerprint density at radius 2 is 2.11 bits per heavy atom. The van der Waals surface area contributed by atoms with Gasteiger partial charge in [-0.1, -0.05) is 18.2 Å². The zero-order valence-electron chi connectivity index (χ0n) is 19.1. The first-order chi connectivity index (χ1) is 16.6. The van der Waals surface area contributed by atoms with Crippen molar-refractivity contribution >= 4 is 34.2 Å². The molecule has 0 radical (unpaired) electrons. The van der Waals surface area contributed by atoms with Gasteiger partial charge in [0.1, 0.15) is 29.3 Å². The molecule has 184 valence electrons. The van der Waals surface area contributed by atoms with Gasteiger partial charge in [-0.05, 0) is 43.7 Å². The summed E-state index contributed by atoms with van der Waals surface area (Å²) in [5.41, 5.74) is 5.64. The maximum absolute atomic E-state index is 14.9. The normalized spacial score (nSPS) is 14.7. The highest BCUT2D eigenvalue weighted by Gasteiger charge is 2.31. The van der Waals surface area contributed by atoms with Gasteiger partial charge in [-0.2, -0.15) is 0 Å². The monoisotopic (exact) mass is 500 g/mol. The Morgan fingerprint density at radius 3 is 2.71 bits per heavy atom. The Hall–Kier alpha value is -3.54. The summed E-state index contributed by atoms with van der Waals surface area (Å²) in [6.45, 7) is 3.35. The first-order valence-corrected chi connectivity index (χ1v) is 11.6. The quantitative estimate of drug-likeness (QED) is 0.371. The lowest BCUT2D eigenvalue weighted by Gasteiger charge is -2.23. The molecule has 0 spiro atoms. The number of anilines is 2. The largest absolute Gasteiger partial charge is 0.448 e. The van der Waals surface area contributed by atoms with E-state index in [1.165, 1.54) is 17.0 Å². The number of aromatic nitrogens is 1. The summed E-state index contributed by atoms with van der Waals surface area (Å²) in [5.74, 6) is -0.896. The molecule has 4 rings (SSSR count). The van der Waals surface area contributed by atoms with Gasteiger partial charge >= 0.3 is 6.09 Å². The van der Waals surface area contributed by atoms with E-state index in [0.29, 0.717) is 33.5 Å². The SMILES string of the molecule is CC(C)(O)c1ccc(-c2cc(C(N)=O)c(Nc3cccc(C(CO)N4CCOC4=O)n3)s2)c(F)c1. The molecule has 0 aliphatic carbocycles. The molecule has 1 saturated heterocycles. The third kappa shape index (κ3) is 5.11. The maximum Gasteiger partial charge on any atom is 0.410 e. The van der Waals surface area contributed by atoms with Crippen LogP contribution >= 0.6 is 11.3 Å². The second kappa shape index (κ2) is 9.61. The van der Waals surface area contributed by atoms with Crippen molar-refractivity contribution in [3.8, 4) is 10.4 Å². The van der Waals surface area contributed by atoms with Gasteiger partial charge in [-0.15, -0.1) is 11.3 Å². The van der Waals surface area contributed by atoms with Crippen LogP contribution < -0.4 is 11.1 Å². The van der Waals surface area contributed by atoms with Crippen LogP contribution in [0.1, 0.15) is 41.5 Å². The number of hydrogen-bond acceptors (Lipinski definition) is 8. The number of carbonyl (C=O) groups is 2. The van der Waals surface area contributed by atoms with Crippen molar-refractivity contribution in [3.63, 3.8) is 0 Å². The number of halogens is 1. The zero-order valence-corrected chi connectivity index (χ0v) is 19.9. The Morgan fingerprint density at radius 1 is 1.34 bits per heavy atom. The number of thiophene rings is 1. The standard InChI is InChI=1S/C24H25FN4O5S/c1-24(2,33)13-6-7-14(16(25)10-13)19-11-15(21(26)31)22(35-19)28-20-5-3-4-17(27-20)18(12-30)29-8-9-34-23(29)32/h3-7,10-11,18,30,33H,8-9,12H2,1-2H3,(H2,26,31)(H,27,28). The van der Waals surface area contributed by atoms with Gasteiger partial charge in [0.15, 0.2) is 0 Å². The Labute approximate surface area is 205 Å². The summed E-state index contributed by atoms with van der Waals surface area (Å²) in [6.07, 6.45) is -0.527. The fourth-order valence-corrected chi connectivity index (χ4v) is 4.86. The summed E-state index contributed by atoms with van der Waals surface area (Å²) >= 11 is 1.12. The summed E-state index contributed by atoms with van der Waals surface area (Å²) in [5, 5.41) is 23.4. The number of primary amides is 1. The number of benzene rings is 1. The Kier molecular flexibility index (Phi) is 6.75. The molecule has 35 heavy (non-hydrogen) atoms. The number of aliphatic hydroxyl groups excluding tert-OH is 1. The number of nitrogens with two attached hydrogens (primary N) is 1. The van der Waals surface area contributed by atoms with E-state index in [2.05, 4.69) is 10.3 Å². The number of aliphatic hydroxyl groups is 2. The molecule has 1 atom stereocenters. The van der Waals surface area contributed by atoms with E-state index in [4.69, 9.17) is 10.5 Å². The van der Waals surface area contributed by atoms with E-state index in [0.717, 1.165) is 11.3 Å². The third-order valence-electron chi connectivity index (χ3n) is 5.63. The molecule has 2 amide bonds. The third-order valence-corrected chi connectivity index (χ3v) is 6.72. The smallest absolute Gasteiger partial charge is 0.410 e. The average Bonchev–Trinajstić information content (AvgIpc) is 3.40. The number of rotatable bonds is 8. The molecule has 0 bridgehead atoms. The van der Waals surface area contributed by atoms with Gasteiger partial charge in [0, 0.05) is 10.4 Å². The molecule has 5 N–H and O–H groups in total. The van der Waals surface area contributed by atoms with Crippen LogP contribution in [0, 0.1) is 5.82 Å². The van der Waals surface area contributed by atoms with Crippen LogP contribution in [0.4, 0.5) is 20.0 Å². The van der Waals surface area contributed by atoms with E-state index in [1.807, 2.05) is 0 Å². The van der Waals surface area contributed by atoms with E-state index in [1.54, 1.807) is 44.2 Å². The average molecular weight is 501 g/mol. The second-order valence-corrected chi connectivity index (χ2v) is 9.60. The lowest BCUT2D eigenvalue weighted by molar-refractivity contribution is 0.0782. The van der Waals surface area contributed by atoms with Gasteiger partial charge in [-0.3, -0.25) is 9.69 Å². The van der Waals surface area contributed by atoms with Crippen molar-refractivity contribution in [1.29, 1.82) is 0 Å². The Bertz CT molecular complexity index is 1270. The van der Waals surface area contributed by atoms with E-state index >= 15 is 0 Å². The highest BCUT2D eigenvalue weighted by atomic mass is 32.1. The number of cyclic esters (lactones) is 1. The maximum atomic E-state index is 14.9. The van der Waals surface area contributed by atoms with Crippen molar-refractivity contribution < 1.29 is 28.9 Å². The van der Waals surface area contributed by atoms with Gasteiger partial charge in [0.25, 0.3) is 5.91 Å². The molecule has 1 aliphatic rings. The molecule has 3 heterocycles. The van der Waals surface area contributed by atoms with E-state index in [9.17, 15) is 24.2 Å². The van der Waals surface area contributed by atoms with Crippen LogP contribution in [-0.2, 0) is 10.3 Å². The highest BCUT2D eigenvalue weighted by molar-refractivity contribution is 7.19. The Balaban J connectivity index is 1.65.